The number of nitrogens with one attached hydrogen (secondary N) is 1. The fourth-order valence-electron chi connectivity index (χ4n) is 3.26. The van der Waals surface area contributed by atoms with E-state index in [2.05, 4.69) is 63.9 Å². The first-order valence-electron chi connectivity index (χ1n) is 7.32. The molecule has 106 valence electrons. The highest BCUT2D eigenvalue weighted by Gasteiger charge is 2.28. The van der Waals surface area contributed by atoms with E-state index in [-0.39, 0.29) is 0 Å². The molecule has 1 N–H and O–H groups in total. The van der Waals surface area contributed by atoms with Gasteiger partial charge in [-0.15, -0.1) is 11.3 Å². The first kappa shape index (κ1) is 14.3. The summed E-state index contributed by atoms with van der Waals surface area (Å²) >= 11 is 5.43. The molecule has 0 fully saturated rings. The van der Waals surface area contributed by atoms with E-state index in [0.717, 1.165) is 6.54 Å². The number of hydrogen-bond donors (Lipinski definition) is 1. The molecular weight excluding hydrogens is 330 g/mol. The van der Waals surface area contributed by atoms with Crippen molar-refractivity contribution in [3.63, 3.8) is 0 Å². The molecule has 3 heteroatoms. The number of benzene rings is 1. The van der Waals surface area contributed by atoms with Gasteiger partial charge in [0, 0.05) is 20.8 Å². The Bertz CT molecular complexity index is 578. The van der Waals surface area contributed by atoms with Crippen LogP contribution in [0.25, 0.3) is 0 Å². The second-order valence-corrected chi connectivity index (χ2v) is 7.38. The van der Waals surface area contributed by atoms with Gasteiger partial charge in [-0.3, -0.25) is 0 Å². The molecule has 1 aliphatic rings. The lowest BCUT2D eigenvalue weighted by molar-refractivity contribution is 0.325. The van der Waals surface area contributed by atoms with Gasteiger partial charge in [-0.25, -0.2) is 0 Å². The van der Waals surface area contributed by atoms with Crippen LogP contribution in [0.4, 0.5) is 0 Å². The van der Waals surface area contributed by atoms with E-state index in [1.165, 1.54) is 39.7 Å². The fourth-order valence-corrected chi connectivity index (χ4v) is 4.81. The van der Waals surface area contributed by atoms with Gasteiger partial charge in [0.15, 0.2) is 0 Å². The van der Waals surface area contributed by atoms with Gasteiger partial charge in [0.25, 0.3) is 0 Å². The van der Waals surface area contributed by atoms with Crippen LogP contribution in [-0.2, 0) is 12.8 Å². The van der Waals surface area contributed by atoms with Crippen molar-refractivity contribution < 1.29 is 0 Å². The van der Waals surface area contributed by atoms with Gasteiger partial charge in [-0.2, -0.15) is 0 Å². The van der Waals surface area contributed by atoms with Crippen molar-refractivity contribution in [1.29, 1.82) is 0 Å². The Morgan fingerprint density at radius 1 is 1.35 bits per heavy atom. The van der Waals surface area contributed by atoms with E-state index >= 15 is 0 Å². The van der Waals surface area contributed by atoms with E-state index in [0.29, 0.717) is 12.0 Å². The maximum Gasteiger partial charge on any atom is 0.0354 e. The number of hydrogen-bond acceptors (Lipinski definition) is 2. The molecule has 0 aliphatic heterocycles. The molecule has 1 nitrogen and oxygen atoms in total. The van der Waals surface area contributed by atoms with Gasteiger partial charge in [0.2, 0.25) is 0 Å². The van der Waals surface area contributed by atoms with Gasteiger partial charge in [0.1, 0.15) is 0 Å². The Morgan fingerprint density at radius 2 is 2.20 bits per heavy atom. The highest BCUT2D eigenvalue weighted by Crippen LogP contribution is 2.37. The molecule has 1 aliphatic carbocycles. The number of thiophene rings is 1. The maximum atomic E-state index is 3.71. The molecule has 2 unspecified atom stereocenters. The Kier molecular flexibility index (Phi) is 4.59. The van der Waals surface area contributed by atoms with E-state index < -0.39 is 0 Å². The first-order valence-corrected chi connectivity index (χ1v) is 8.99. The Labute approximate surface area is 133 Å². The summed E-state index contributed by atoms with van der Waals surface area (Å²) in [6.07, 6.45) is 3.68. The van der Waals surface area contributed by atoms with Crippen LogP contribution >= 0.6 is 27.3 Å². The van der Waals surface area contributed by atoms with Crippen molar-refractivity contribution in [2.24, 2.45) is 5.92 Å². The van der Waals surface area contributed by atoms with Gasteiger partial charge in [-0.05, 0) is 64.8 Å². The largest absolute Gasteiger partial charge is 0.310 e. The molecule has 0 saturated heterocycles. The molecule has 2 atom stereocenters. The molecule has 3 rings (SSSR count). The lowest BCUT2D eigenvalue weighted by Crippen LogP contribution is -2.33. The zero-order valence-corrected chi connectivity index (χ0v) is 14.1. The van der Waals surface area contributed by atoms with Crippen molar-refractivity contribution in [3.8, 4) is 0 Å². The fraction of sp³-hybridized carbons (Fsp3) is 0.412. The topological polar surface area (TPSA) is 12.0 Å². The van der Waals surface area contributed by atoms with E-state index in [1.807, 2.05) is 11.3 Å². The molecule has 0 bridgehead atoms. The highest BCUT2D eigenvalue weighted by molar-refractivity contribution is 9.10. The second kappa shape index (κ2) is 6.42. The van der Waals surface area contributed by atoms with Crippen LogP contribution < -0.4 is 5.32 Å². The van der Waals surface area contributed by atoms with Crippen LogP contribution in [0.5, 0.6) is 0 Å². The third-order valence-electron chi connectivity index (χ3n) is 4.16. The van der Waals surface area contributed by atoms with Crippen LogP contribution in [0.1, 0.15) is 35.4 Å². The van der Waals surface area contributed by atoms with E-state index in [4.69, 9.17) is 0 Å². The average Bonchev–Trinajstić information content (AvgIpc) is 2.87. The van der Waals surface area contributed by atoms with Gasteiger partial charge >= 0.3 is 0 Å². The molecule has 1 aromatic carbocycles. The summed E-state index contributed by atoms with van der Waals surface area (Å²) in [5, 5.41) is 5.90. The molecule has 0 amide bonds. The van der Waals surface area contributed by atoms with E-state index in [9.17, 15) is 0 Å². The normalized spacial score (nSPS) is 21.7. The van der Waals surface area contributed by atoms with E-state index in [1.54, 1.807) is 0 Å². The minimum Gasteiger partial charge on any atom is -0.310 e. The molecule has 2 aromatic rings. The predicted octanol–water partition coefficient (Wildman–Crippen LogP) is 4.97. The monoisotopic (exact) mass is 349 g/mol. The van der Waals surface area contributed by atoms with Crippen LogP contribution in [-0.4, -0.2) is 6.54 Å². The summed E-state index contributed by atoms with van der Waals surface area (Å²) in [6.45, 7) is 3.24. The molecule has 0 spiro atoms. The average molecular weight is 350 g/mol. The predicted molar refractivity (Wildman–Crippen MR) is 90.4 cm³/mol. The summed E-state index contributed by atoms with van der Waals surface area (Å²) in [5.41, 5.74) is 3.04. The zero-order valence-electron chi connectivity index (χ0n) is 11.7. The number of aryl methyl sites for hydroxylation is 1. The second-order valence-electron chi connectivity index (χ2n) is 5.47. The Morgan fingerprint density at radius 3 is 2.95 bits per heavy atom. The zero-order chi connectivity index (χ0) is 13.9. The minimum absolute atomic E-state index is 0.505. The minimum atomic E-state index is 0.505. The van der Waals surface area contributed by atoms with Crippen molar-refractivity contribution >= 4 is 27.3 Å². The summed E-state index contributed by atoms with van der Waals surface area (Å²) < 4.78 is 1.22. The molecule has 1 heterocycles. The summed E-state index contributed by atoms with van der Waals surface area (Å²) in [7, 11) is 0. The Balaban J connectivity index is 1.84. The standard InChI is InChI=1S/C17H20BrNS/c1-2-19-17-13(9-15-10-14(18)11-20-15)8-7-12-5-3-4-6-16(12)17/h3-6,10-11,13,17,19H,2,7-9H2,1H3. The summed E-state index contributed by atoms with van der Waals surface area (Å²) in [4.78, 5) is 1.49. The van der Waals surface area contributed by atoms with Crippen LogP contribution in [0, 0.1) is 5.92 Å². The maximum absolute atomic E-state index is 3.71. The number of rotatable bonds is 4. The molecule has 0 saturated carbocycles. The molecule has 1 aromatic heterocycles. The van der Waals surface area contributed by atoms with Gasteiger partial charge in [0.05, 0.1) is 0 Å². The third-order valence-corrected chi connectivity index (χ3v) is 5.88. The van der Waals surface area contributed by atoms with Crippen LogP contribution in [0.3, 0.4) is 0 Å². The highest BCUT2D eigenvalue weighted by atomic mass is 79.9. The lowest BCUT2D eigenvalue weighted by atomic mass is 9.78. The molecular formula is C17H20BrNS. The van der Waals surface area contributed by atoms with Crippen molar-refractivity contribution in [3.05, 3.63) is 56.2 Å². The van der Waals surface area contributed by atoms with Crippen molar-refractivity contribution in [2.45, 2.75) is 32.2 Å². The number of fused-ring (bicyclic) bond motifs is 1. The van der Waals surface area contributed by atoms with Gasteiger partial charge < -0.3 is 5.32 Å². The number of halogens is 1. The Hall–Kier alpha value is -0.640. The SMILES string of the molecule is CCNC1c2ccccc2CCC1Cc1cc(Br)cs1. The first-order chi connectivity index (χ1) is 9.78. The molecule has 20 heavy (non-hydrogen) atoms. The van der Waals surface area contributed by atoms with Crippen molar-refractivity contribution in [1.82, 2.24) is 5.32 Å². The van der Waals surface area contributed by atoms with Crippen LogP contribution in [0.15, 0.2) is 40.2 Å². The summed E-state index contributed by atoms with van der Waals surface area (Å²) in [5.74, 6) is 0.704. The third kappa shape index (κ3) is 3.00. The van der Waals surface area contributed by atoms with Crippen LogP contribution in [0.2, 0.25) is 0 Å². The van der Waals surface area contributed by atoms with Crippen molar-refractivity contribution in [2.75, 3.05) is 6.54 Å². The molecule has 0 radical (unpaired) electrons. The lowest BCUT2D eigenvalue weighted by Gasteiger charge is -2.34. The quantitative estimate of drug-likeness (QED) is 0.821. The smallest absolute Gasteiger partial charge is 0.0354 e. The summed E-state index contributed by atoms with van der Waals surface area (Å²) in [6, 6.07) is 11.7. The van der Waals surface area contributed by atoms with Gasteiger partial charge in [-0.1, -0.05) is 31.2 Å².